The lowest BCUT2D eigenvalue weighted by molar-refractivity contribution is 0.104. The zero-order chi connectivity index (χ0) is 12.1. The van der Waals surface area contributed by atoms with Crippen LogP contribution in [0.4, 0.5) is 0 Å². The van der Waals surface area contributed by atoms with Gasteiger partial charge in [-0.2, -0.15) is 0 Å². The summed E-state index contributed by atoms with van der Waals surface area (Å²) in [6, 6.07) is 7.51. The van der Waals surface area contributed by atoms with Gasteiger partial charge in [-0.15, -0.1) is 0 Å². The highest BCUT2D eigenvalue weighted by Gasteiger charge is 2.17. The molecule has 17 heavy (non-hydrogen) atoms. The first-order valence-electron chi connectivity index (χ1n) is 6.01. The molecular formula is C13H18ClNO2. The summed E-state index contributed by atoms with van der Waals surface area (Å²) in [4.78, 5) is 0. The predicted octanol–water partition coefficient (Wildman–Crippen LogP) is 2.14. The number of benzene rings is 1. The third-order valence-corrected chi connectivity index (χ3v) is 3.32. The molecule has 1 aliphatic heterocycles. The van der Waals surface area contributed by atoms with Gasteiger partial charge in [0.15, 0.2) is 0 Å². The molecule has 1 heterocycles. The summed E-state index contributed by atoms with van der Waals surface area (Å²) in [5, 5.41) is 13.4. The second-order valence-electron chi connectivity index (χ2n) is 4.33. The normalized spacial score (nSPS) is 21.6. The van der Waals surface area contributed by atoms with E-state index in [0.717, 1.165) is 31.6 Å². The molecule has 1 aromatic rings. The largest absolute Gasteiger partial charge is 0.394 e. The second kappa shape index (κ2) is 6.36. The molecule has 1 saturated heterocycles. The maximum Gasteiger partial charge on any atom is 0.0700 e. The molecule has 1 aromatic carbocycles. The van der Waals surface area contributed by atoms with E-state index in [0.29, 0.717) is 5.02 Å². The Hall–Kier alpha value is -0.610. The molecule has 1 fully saturated rings. The van der Waals surface area contributed by atoms with Crippen LogP contribution < -0.4 is 5.32 Å². The van der Waals surface area contributed by atoms with Crippen molar-refractivity contribution in [1.29, 1.82) is 0 Å². The zero-order valence-electron chi connectivity index (χ0n) is 9.73. The molecule has 2 rings (SSSR count). The van der Waals surface area contributed by atoms with Crippen LogP contribution in [0.3, 0.4) is 0 Å². The molecule has 0 aliphatic carbocycles. The summed E-state index contributed by atoms with van der Waals surface area (Å²) < 4.78 is 5.54. The molecule has 0 spiro atoms. The minimum absolute atomic E-state index is 0.0449. The number of halogens is 1. The molecule has 0 bridgehead atoms. The van der Waals surface area contributed by atoms with Crippen molar-refractivity contribution in [3.05, 3.63) is 34.9 Å². The highest BCUT2D eigenvalue weighted by molar-refractivity contribution is 6.30. The molecule has 0 amide bonds. The van der Waals surface area contributed by atoms with Crippen molar-refractivity contribution in [3.63, 3.8) is 0 Å². The highest BCUT2D eigenvalue weighted by Crippen LogP contribution is 2.17. The van der Waals surface area contributed by atoms with E-state index in [1.54, 1.807) is 0 Å². The Balaban J connectivity index is 1.89. The van der Waals surface area contributed by atoms with Crippen LogP contribution in [0.25, 0.3) is 0 Å². The molecule has 2 unspecified atom stereocenters. The first kappa shape index (κ1) is 12.8. The van der Waals surface area contributed by atoms with E-state index in [1.807, 2.05) is 24.3 Å². The minimum Gasteiger partial charge on any atom is -0.394 e. The fraction of sp³-hybridized carbons (Fsp3) is 0.538. The molecule has 1 aliphatic rings. The second-order valence-corrected chi connectivity index (χ2v) is 4.77. The minimum atomic E-state index is -0.0449. The number of aliphatic hydroxyl groups is 1. The van der Waals surface area contributed by atoms with Crippen LogP contribution in [-0.2, 0) is 4.74 Å². The summed E-state index contributed by atoms with van der Waals surface area (Å²) in [5.74, 6) is 0. The quantitative estimate of drug-likeness (QED) is 0.847. The van der Waals surface area contributed by atoms with Gasteiger partial charge in [-0.05, 0) is 30.5 Å². The Labute approximate surface area is 107 Å². The number of hydrogen-bond acceptors (Lipinski definition) is 3. The first-order valence-corrected chi connectivity index (χ1v) is 6.38. The number of aliphatic hydroxyl groups excluding tert-OH is 1. The highest BCUT2D eigenvalue weighted by atomic mass is 35.5. The Kier molecular flexibility index (Phi) is 4.80. The van der Waals surface area contributed by atoms with Crippen molar-refractivity contribution in [1.82, 2.24) is 5.32 Å². The lowest BCUT2D eigenvalue weighted by atomic mass is 10.1. The van der Waals surface area contributed by atoms with Crippen LogP contribution in [0.5, 0.6) is 0 Å². The van der Waals surface area contributed by atoms with Gasteiger partial charge in [0.05, 0.1) is 18.8 Å². The van der Waals surface area contributed by atoms with Crippen LogP contribution in [0.2, 0.25) is 5.02 Å². The fourth-order valence-electron chi connectivity index (χ4n) is 2.06. The van der Waals surface area contributed by atoms with E-state index in [9.17, 15) is 5.11 Å². The molecule has 0 saturated carbocycles. The van der Waals surface area contributed by atoms with E-state index in [-0.39, 0.29) is 18.8 Å². The van der Waals surface area contributed by atoms with Gasteiger partial charge in [-0.3, -0.25) is 0 Å². The van der Waals surface area contributed by atoms with Gasteiger partial charge < -0.3 is 15.2 Å². The molecule has 0 aromatic heterocycles. The van der Waals surface area contributed by atoms with Gasteiger partial charge >= 0.3 is 0 Å². The number of ether oxygens (including phenoxy) is 1. The lowest BCUT2D eigenvalue weighted by Crippen LogP contribution is -2.31. The van der Waals surface area contributed by atoms with E-state index < -0.39 is 0 Å². The summed E-state index contributed by atoms with van der Waals surface area (Å²) in [6.45, 7) is 1.72. The van der Waals surface area contributed by atoms with Gasteiger partial charge in [-0.1, -0.05) is 23.7 Å². The fourth-order valence-corrected chi connectivity index (χ4v) is 2.19. The van der Waals surface area contributed by atoms with Gasteiger partial charge in [0, 0.05) is 18.2 Å². The number of nitrogens with one attached hydrogen (secondary N) is 1. The van der Waals surface area contributed by atoms with Crippen LogP contribution in [0.15, 0.2) is 24.3 Å². The van der Waals surface area contributed by atoms with Crippen LogP contribution in [0, 0.1) is 0 Å². The van der Waals surface area contributed by atoms with Gasteiger partial charge in [0.1, 0.15) is 0 Å². The van der Waals surface area contributed by atoms with E-state index in [2.05, 4.69) is 5.32 Å². The number of hydrogen-bond donors (Lipinski definition) is 2. The molecular weight excluding hydrogens is 238 g/mol. The average Bonchev–Trinajstić information content (AvgIpc) is 2.85. The Morgan fingerprint density at radius 3 is 2.76 bits per heavy atom. The first-order chi connectivity index (χ1) is 8.29. The van der Waals surface area contributed by atoms with Gasteiger partial charge in [0.25, 0.3) is 0 Å². The van der Waals surface area contributed by atoms with E-state index in [1.165, 1.54) is 0 Å². The average molecular weight is 256 g/mol. The zero-order valence-corrected chi connectivity index (χ0v) is 10.5. The maximum absolute atomic E-state index is 9.39. The Bertz CT molecular complexity index is 336. The topological polar surface area (TPSA) is 41.5 Å². The molecule has 2 N–H and O–H groups in total. The van der Waals surface area contributed by atoms with Gasteiger partial charge in [-0.25, -0.2) is 0 Å². The van der Waals surface area contributed by atoms with Crippen molar-refractivity contribution >= 4 is 11.6 Å². The van der Waals surface area contributed by atoms with E-state index >= 15 is 0 Å². The molecule has 94 valence electrons. The summed E-state index contributed by atoms with van der Waals surface area (Å²) in [6.07, 6.45) is 2.53. The Morgan fingerprint density at radius 1 is 1.41 bits per heavy atom. The van der Waals surface area contributed by atoms with Gasteiger partial charge in [0.2, 0.25) is 0 Å². The Morgan fingerprint density at radius 2 is 2.18 bits per heavy atom. The van der Waals surface area contributed by atoms with E-state index in [4.69, 9.17) is 16.3 Å². The van der Waals surface area contributed by atoms with Crippen LogP contribution in [-0.4, -0.2) is 31.0 Å². The standard InChI is InChI=1S/C13H18ClNO2/c14-11-5-3-10(4-6-11)13(9-16)15-8-12-2-1-7-17-12/h3-6,12-13,15-16H,1-2,7-9H2. The lowest BCUT2D eigenvalue weighted by Gasteiger charge is -2.19. The van der Waals surface area contributed by atoms with Crippen molar-refractivity contribution in [3.8, 4) is 0 Å². The monoisotopic (exact) mass is 255 g/mol. The maximum atomic E-state index is 9.39. The third-order valence-electron chi connectivity index (χ3n) is 3.07. The van der Waals surface area contributed by atoms with Crippen LogP contribution >= 0.6 is 11.6 Å². The molecule has 3 nitrogen and oxygen atoms in total. The van der Waals surface area contributed by atoms with Crippen LogP contribution in [0.1, 0.15) is 24.4 Å². The summed E-state index contributed by atoms with van der Waals surface area (Å²) in [7, 11) is 0. The SMILES string of the molecule is OCC(NCC1CCCO1)c1ccc(Cl)cc1. The van der Waals surface area contributed by atoms with Crippen molar-refractivity contribution in [2.24, 2.45) is 0 Å². The number of rotatable bonds is 5. The molecule has 0 radical (unpaired) electrons. The summed E-state index contributed by atoms with van der Waals surface area (Å²) in [5.41, 5.74) is 1.05. The smallest absolute Gasteiger partial charge is 0.0700 e. The van der Waals surface area contributed by atoms with Crippen molar-refractivity contribution in [2.75, 3.05) is 19.8 Å². The molecule has 2 atom stereocenters. The predicted molar refractivity (Wildman–Crippen MR) is 68.3 cm³/mol. The van der Waals surface area contributed by atoms with Crippen molar-refractivity contribution < 1.29 is 9.84 Å². The molecule has 4 heteroatoms. The summed E-state index contributed by atoms with van der Waals surface area (Å²) >= 11 is 5.84. The van der Waals surface area contributed by atoms with Crippen molar-refractivity contribution in [2.45, 2.75) is 25.0 Å². The third kappa shape index (κ3) is 3.68.